The maximum atomic E-state index is 13.3. The van der Waals surface area contributed by atoms with Crippen LogP contribution in [0.15, 0.2) is 42.6 Å². The Morgan fingerprint density at radius 2 is 1.71 bits per heavy atom. The van der Waals surface area contributed by atoms with Crippen molar-refractivity contribution in [3.63, 3.8) is 0 Å². The van der Waals surface area contributed by atoms with Crippen LogP contribution in [-0.2, 0) is 16.2 Å². The predicted octanol–water partition coefficient (Wildman–Crippen LogP) is 7.09. The van der Waals surface area contributed by atoms with E-state index in [4.69, 9.17) is 10.2 Å². The zero-order valence-electron chi connectivity index (χ0n) is 22.9. The van der Waals surface area contributed by atoms with Crippen molar-refractivity contribution >= 4 is 25.9 Å². The molecule has 2 aromatic heterocycles. The highest BCUT2D eigenvalue weighted by atomic mass is 28.4. The van der Waals surface area contributed by atoms with Gasteiger partial charge in [-0.15, -0.1) is 0 Å². The van der Waals surface area contributed by atoms with E-state index in [0.717, 1.165) is 36.2 Å². The maximum absolute atomic E-state index is 13.3. The molecule has 0 bridgehead atoms. The number of pyridine rings is 1. The number of anilines is 3. The summed E-state index contributed by atoms with van der Waals surface area (Å²) in [6.07, 6.45) is -1.57. The van der Waals surface area contributed by atoms with E-state index in [1.807, 2.05) is 32.0 Å². The van der Waals surface area contributed by atoms with Gasteiger partial charge >= 0.3 is 6.18 Å². The Balaban J connectivity index is 1.72. The third-order valence-corrected chi connectivity index (χ3v) is 11.8. The fraction of sp³-hybridized carbons (Fsp3) is 0.481. The summed E-state index contributed by atoms with van der Waals surface area (Å²) in [5.41, 5.74) is 6.81. The van der Waals surface area contributed by atoms with Gasteiger partial charge in [0, 0.05) is 23.5 Å². The molecule has 0 spiro atoms. The number of nitrogen functional groups attached to an aromatic ring is 1. The SMILES string of the molecule is CC(C)N(c1ccnc(C(F)(F)F)c1)c1nc(N)nc(-c2cccc(C3(O[Si](C)(C)C(C)(C)C)CC3)c2)n1. The molecule has 204 valence electrons. The third-order valence-electron chi connectivity index (χ3n) is 7.29. The molecular weight excluding hydrogens is 509 g/mol. The summed E-state index contributed by atoms with van der Waals surface area (Å²) in [4.78, 5) is 18.3. The largest absolute Gasteiger partial charge is 0.433 e. The molecule has 2 heterocycles. The highest BCUT2D eigenvalue weighted by molar-refractivity contribution is 6.74. The van der Waals surface area contributed by atoms with Crippen LogP contribution in [0, 0.1) is 0 Å². The highest BCUT2D eigenvalue weighted by Gasteiger charge is 2.52. The lowest BCUT2D eigenvalue weighted by Crippen LogP contribution is -2.44. The monoisotopic (exact) mass is 544 g/mol. The number of halogens is 3. The van der Waals surface area contributed by atoms with E-state index in [-0.39, 0.29) is 34.3 Å². The molecule has 4 rings (SSSR count). The summed E-state index contributed by atoms with van der Waals surface area (Å²) in [7, 11) is -2.01. The van der Waals surface area contributed by atoms with Crippen LogP contribution in [0.3, 0.4) is 0 Å². The summed E-state index contributed by atoms with van der Waals surface area (Å²) in [6, 6.07) is 10.1. The van der Waals surface area contributed by atoms with Crippen molar-refractivity contribution in [3.05, 3.63) is 53.9 Å². The molecule has 3 aromatic rings. The Kier molecular flexibility index (Phi) is 7.07. The molecule has 1 aliphatic rings. The van der Waals surface area contributed by atoms with Crippen molar-refractivity contribution in [1.29, 1.82) is 0 Å². The highest BCUT2D eigenvalue weighted by Crippen LogP contribution is 2.54. The number of nitrogens with two attached hydrogens (primary N) is 1. The van der Waals surface area contributed by atoms with Crippen LogP contribution in [0.5, 0.6) is 0 Å². The van der Waals surface area contributed by atoms with Crippen LogP contribution in [0.1, 0.15) is 58.7 Å². The fourth-order valence-corrected chi connectivity index (χ4v) is 5.74. The molecule has 1 fully saturated rings. The van der Waals surface area contributed by atoms with Gasteiger partial charge in [-0.1, -0.05) is 39.0 Å². The summed E-state index contributed by atoms with van der Waals surface area (Å²) in [6.45, 7) is 14.8. The number of hydrogen-bond acceptors (Lipinski definition) is 7. The number of alkyl halides is 3. The molecule has 0 aliphatic heterocycles. The van der Waals surface area contributed by atoms with Crippen molar-refractivity contribution in [2.45, 2.75) is 83.4 Å². The average molecular weight is 545 g/mol. The van der Waals surface area contributed by atoms with Crippen LogP contribution in [0.25, 0.3) is 11.4 Å². The Hall–Kier alpha value is -3.05. The smallest absolute Gasteiger partial charge is 0.407 e. The van der Waals surface area contributed by atoms with E-state index in [1.165, 1.54) is 6.07 Å². The molecule has 0 unspecified atom stereocenters. The van der Waals surface area contributed by atoms with Gasteiger partial charge in [-0.3, -0.25) is 4.98 Å². The van der Waals surface area contributed by atoms with Crippen molar-refractivity contribution in [1.82, 2.24) is 19.9 Å². The quantitative estimate of drug-likeness (QED) is 0.318. The van der Waals surface area contributed by atoms with E-state index >= 15 is 0 Å². The second kappa shape index (κ2) is 9.60. The second-order valence-corrected chi connectivity index (χ2v) is 16.3. The summed E-state index contributed by atoms with van der Waals surface area (Å²) >= 11 is 0. The Bertz CT molecular complexity index is 1320. The minimum Gasteiger partial charge on any atom is -0.407 e. The summed E-state index contributed by atoms with van der Waals surface area (Å²) < 4.78 is 46.9. The van der Waals surface area contributed by atoms with Gasteiger partial charge in [0.2, 0.25) is 11.9 Å². The Morgan fingerprint density at radius 3 is 2.29 bits per heavy atom. The lowest BCUT2D eigenvalue weighted by atomic mass is 10.0. The first-order chi connectivity index (χ1) is 17.5. The van der Waals surface area contributed by atoms with Gasteiger partial charge in [-0.05, 0) is 68.6 Å². The first kappa shape index (κ1) is 28.0. The van der Waals surface area contributed by atoms with Gasteiger partial charge in [0.25, 0.3) is 0 Å². The predicted molar refractivity (Wildman–Crippen MR) is 145 cm³/mol. The standard InChI is InChI=1S/C27H35F3N6OSi/c1-17(2)36(20-11-14-32-21(16-20)27(28,29)30)24-34-22(33-23(31)35-24)18-9-8-10-19(15-18)26(12-13-26)37-38(6,7)25(3,4)5/h8-11,14-17H,12-13H2,1-7H3,(H2,31,33,34,35). The third kappa shape index (κ3) is 5.68. The second-order valence-electron chi connectivity index (χ2n) is 11.6. The number of benzene rings is 1. The van der Waals surface area contributed by atoms with E-state index in [9.17, 15) is 13.2 Å². The molecule has 1 aliphatic carbocycles. The Labute approximate surface area is 222 Å². The van der Waals surface area contributed by atoms with Crippen LogP contribution in [0.4, 0.5) is 30.8 Å². The van der Waals surface area contributed by atoms with E-state index in [0.29, 0.717) is 5.82 Å². The summed E-state index contributed by atoms with van der Waals surface area (Å²) in [5, 5.41) is 0.0804. The van der Waals surface area contributed by atoms with Gasteiger partial charge in [-0.2, -0.15) is 28.1 Å². The Morgan fingerprint density at radius 1 is 1.03 bits per heavy atom. The molecule has 0 saturated heterocycles. The van der Waals surface area contributed by atoms with Gasteiger partial charge in [-0.25, -0.2) is 0 Å². The zero-order valence-corrected chi connectivity index (χ0v) is 23.9. The van der Waals surface area contributed by atoms with Crippen molar-refractivity contribution < 1.29 is 17.6 Å². The maximum Gasteiger partial charge on any atom is 0.433 e. The molecule has 1 saturated carbocycles. The molecule has 0 radical (unpaired) electrons. The molecule has 7 nitrogen and oxygen atoms in total. The van der Waals surface area contributed by atoms with Crippen molar-refractivity contribution in [2.75, 3.05) is 10.6 Å². The minimum atomic E-state index is -4.58. The van der Waals surface area contributed by atoms with Gasteiger partial charge in [0.15, 0.2) is 14.1 Å². The van der Waals surface area contributed by atoms with Crippen LogP contribution in [0.2, 0.25) is 18.1 Å². The minimum absolute atomic E-state index is 0.0233. The number of rotatable bonds is 7. The van der Waals surface area contributed by atoms with Crippen molar-refractivity contribution in [3.8, 4) is 11.4 Å². The fourth-order valence-electron chi connectivity index (χ4n) is 4.13. The molecule has 0 amide bonds. The first-order valence-electron chi connectivity index (χ1n) is 12.7. The van der Waals surface area contributed by atoms with Crippen molar-refractivity contribution in [2.24, 2.45) is 0 Å². The average Bonchev–Trinajstić information content (AvgIpc) is 3.57. The van der Waals surface area contributed by atoms with E-state index in [1.54, 1.807) is 4.90 Å². The van der Waals surface area contributed by atoms with Crippen LogP contribution < -0.4 is 10.6 Å². The first-order valence-corrected chi connectivity index (χ1v) is 15.6. The lowest BCUT2D eigenvalue weighted by Gasteiger charge is -2.40. The summed E-state index contributed by atoms with van der Waals surface area (Å²) in [5.74, 6) is 0.476. The number of nitrogens with zero attached hydrogens (tertiary/aromatic N) is 5. The number of aromatic nitrogens is 4. The molecular formula is C27H35F3N6OSi. The van der Waals surface area contributed by atoms with Gasteiger partial charge in [0.1, 0.15) is 5.69 Å². The van der Waals surface area contributed by atoms with Crippen LogP contribution in [-0.4, -0.2) is 34.3 Å². The zero-order chi connectivity index (χ0) is 28.1. The normalized spacial score (nSPS) is 15.6. The van der Waals surface area contributed by atoms with E-state index < -0.39 is 20.2 Å². The molecule has 1 aromatic carbocycles. The lowest BCUT2D eigenvalue weighted by molar-refractivity contribution is -0.141. The topological polar surface area (TPSA) is 90.1 Å². The molecule has 0 atom stereocenters. The van der Waals surface area contributed by atoms with Gasteiger partial charge < -0.3 is 15.1 Å². The van der Waals surface area contributed by atoms with Gasteiger partial charge in [0.05, 0.1) is 5.60 Å². The van der Waals surface area contributed by atoms with Crippen LogP contribution >= 0.6 is 0 Å². The molecule has 2 N–H and O–H groups in total. The molecule has 38 heavy (non-hydrogen) atoms. The number of hydrogen-bond donors (Lipinski definition) is 1. The van der Waals surface area contributed by atoms with E-state index in [2.05, 4.69) is 59.9 Å². The molecule has 11 heteroatoms.